The monoisotopic (exact) mass is 276 g/mol. The summed E-state index contributed by atoms with van der Waals surface area (Å²) in [5, 5.41) is 5.35. The van der Waals surface area contributed by atoms with E-state index in [1.165, 1.54) is 32.7 Å². The van der Waals surface area contributed by atoms with Crippen LogP contribution < -0.4 is 0 Å². The van der Waals surface area contributed by atoms with Crippen LogP contribution in [0.3, 0.4) is 0 Å². The Labute approximate surface area is 127 Å². The van der Waals surface area contributed by atoms with Gasteiger partial charge in [0.15, 0.2) is 0 Å². The summed E-state index contributed by atoms with van der Waals surface area (Å²) in [6.45, 7) is 11.3. The largest absolute Gasteiger partial charge is 0.0587 e. The molecule has 0 fully saturated rings. The van der Waals surface area contributed by atoms with E-state index in [4.69, 9.17) is 0 Å². The minimum absolute atomic E-state index is 0.199. The SMILES string of the molecule is CC(C)c1ccc2cc3cc(C(C)(C)C)ccc3cc2c1. The molecule has 0 spiro atoms. The molecule has 3 aromatic rings. The number of benzene rings is 3. The van der Waals surface area contributed by atoms with Crippen LogP contribution in [0, 0.1) is 0 Å². The van der Waals surface area contributed by atoms with Gasteiger partial charge < -0.3 is 0 Å². The topological polar surface area (TPSA) is 0 Å². The van der Waals surface area contributed by atoms with Gasteiger partial charge in [-0.25, -0.2) is 0 Å². The van der Waals surface area contributed by atoms with Crippen molar-refractivity contribution in [3.63, 3.8) is 0 Å². The zero-order valence-electron chi connectivity index (χ0n) is 13.7. The first-order chi connectivity index (χ1) is 9.84. The van der Waals surface area contributed by atoms with Crippen molar-refractivity contribution in [2.24, 2.45) is 0 Å². The fourth-order valence-corrected chi connectivity index (χ4v) is 2.84. The Bertz CT molecular complexity index is 801. The van der Waals surface area contributed by atoms with Gasteiger partial charge in [0.25, 0.3) is 0 Å². The molecule has 0 N–H and O–H groups in total. The van der Waals surface area contributed by atoms with Crippen LogP contribution >= 0.6 is 0 Å². The summed E-state index contributed by atoms with van der Waals surface area (Å²) in [7, 11) is 0. The van der Waals surface area contributed by atoms with Crippen LogP contribution in [0.5, 0.6) is 0 Å². The Balaban J connectivity index is 2.22. The van der Waals surface area contributed by atoms with Gasteiger partial charge >= 0.3 is 0 Å². The Morgan fingerprint density at radius 1 is 0.667 bits per heavy atom. The van der Waals surface area contributed by atoms with E-state index in [1.54, 1.807) is 0 Å². The van der Waals surface area contributed by atoms with E-state index in [0.717, 1.165) is 0 Å². The summed E-state index contributed by atoms with van der Waals surface area (Å²) in [4.78, 5) is 0. The van der Waals surface area contributed by atoms with Gasteiger partial charge in [0.05, 0.1) is 0 Å². The van der Waals surface area contributed by atoms with Crippen molar-refractivity contribution < 1.29 is 0 Å². The zero-order valence-corrected chi connectivity index (χ0v) is 13.7. The first-order valence-corrected chi connectivity index (χ1v) is 7.82. The lowest BCUT2D eigenvalue weighted by molar-refractivity contribution is 0.591. The van der Waals surface area contributed by atoms with Crippen LogP contribution in [0.15, 0.2) is 48.5 Å². The Kier molecular flexibility index (Phi) is 3.28. The van der Waals surface area contributed by atoms with Crippen molar-refractivity contribution >= 4 is 21.5 Å². The second-order valence-electron chi connectivity index (χ2n) is 7.43. The molecule has 3 aromatic carbocycles. The van der Waals surface area contributed by atoms with E-state index < -0.39 is 0 Å². The van der Waals surface area contributed by atoms with Crippen LogP contribution in [0.4, 0.5) is 0 Å². The summed E-state index contributed by atoms with van der Waals surface area (Å²) in [6.07, 6.45) is 0. The molecule has 3 rings (SSSR count). The first kappa shape index (κ1) is 14.1. The molecule has 0 unspecified atom stereocenters. The van der Waals surface area contributed by atoms with Crippen molar-refractivity contribution in [3.05, 3.63) is 59.7 Å². The van der Waals surface area contributed by atoms with Crippen molar-refractivity contribution in [2.45, 2.75) is 46.0 Å². The highest BCUT2D eigenvalue weighted by Crippen LogP contribution is 2.30. The maximum absolute atomic E-state index is 2.34. The molecule has 0 amide bonds. The summed E-state index contributed by atoms with van der Waals surface area (Å²) < 4.78 is 0. The van der Waals surface area contributed by atoms with Gasteiger partial charge in [0, 0.05) is 0 Å². The molecule has 21 heavy (non-hydrogen) atoms. The smallest absolute Gasteiger partial charge is 0.0132 e. The molecule has 0 saturated heterocycles. The lowest BCUT2D eigenvalue weighted by Gasteiger charge is -2.19. The fourth-order valence-electron chi connectivity index (χ4n) is 2.84. The van der Waals surface area contributed by atoms with Crippen LogP contribution in [0.1, 0.15) is 51.7 Å². The predicted molar refractivity (Wildman–Crippen MR) is 94.2 cm³/mol. The highest BCUT2D eigenvalue weighted by molar-refractivity contribution is 5.98. The summed E-state index contributed by atoms with van der Waals surface area (Å²) >= 11 is 0. The molecule has 0 atom stereocenters. The van der Waals surface area contributed by atoms with E-state index in [-0.39, 0.29) is 5.41 Å². The van der Waals surface area contributed by atoms with Crippen molar-refractivity contribution in [1.82, 2.24) is 0 Å². The molecule has 0 bridgehead atoms. The molecule has 0 heteroatoms. The van der Waals surface area contributed by atoms with Gasteiger partial charge in [-0.3, -0.25) is 0 Å². The average Bonchev–Trinajstić information content (AvgIpc) is 2.42. The normalized spacial score (nSPS) is 12.5. The van der Waals surface area contributed by atoms with Crippen LogP contribution in [0.2, 0.25) is 0 Å². The van der Waals surface area contributed by atoms with Crippen LogP contribution in [0.25, 0.3) is 21.5 Å². The number of hydrogen-bond donors (Lipinski definition) is 0. The lowest BCUT2D eigenvalue weighted by atomic mass is 9.85. The summed E-state index contributed by atoms with van der Waals surface area (Å²) in [6, 6.07) is 18.4. The quantitative estimate of drug-likeness (QED) is 0.450. The molecule has 0 nitrogen and oxygen atoms in total. The highest BCUT2D eigenvalue weighted by Gasteiger charge is 2.13. The van der Waals surface area contributed by atoms with E-state index in [2.05, 4.69) is 83.1 Å². The third-order valence-electron chi connectivity index (χ3n) is 4.35. The number of hydrogen-bond acceptors (Lipinski definition) is 0. The van der Waals surface area contributed by atoms with E-state index in [9.17, 15) is 0 Å². The molecule has 0 aliphatic rings. The Morgan fingerprint density at radius 3 is 1.81 bits per heavy atom. The molecule has 0 radical (unpaired) electrons. The van der Waals surface area contributed by atoms with Crippen molar-refractivity contribution in [1.29, 1.82) is 0 Å². The van der Waals surface area contributed by atoms with E-state index in [0.29, 0.717) is 5.92 Å². The van der Waals surface area contributed by atoms with E-state index in [1.807, 2.05) is 0 Å². The Hall–Kier alpha value is -1.82. The van der Waals surface area contributed by atoms with Crippen molar-refractivity contribution in [3.8, 4) is 0 Å². The first-order valence-electron chi connectivity index (χ1n) is 7.82. The van der Waals surface area contributed by atoms with Gasteiger partial charge in [0.2, 0.25) is 0 Å². The second-order valence-corrected chi connectivity index (χ2v) is 7.43. The number of fused-ring (bicyclic) bond motifs is 2. The molecule has 0 saturated carbocycles. The van der Waals surface area contributed by atoms with Crippen molar-refractivity contribution in [2.75, 3.05) is 0 Å². The van der Waals surface area contributed by atoms with Gasteiger partial charge in [0.1, 0.15) is 0 Å². The predicted octanol–water partition coefficient (Wildman–Crippen LogP) is 6.41. The van der Waals surface area contributed by atoms with Crippen LogP contribution in [-0.2, 0) is 5.41 Å². The molecular formula is C21H24. The standard InChI is InChI=1S/C21H24/c1-14(2)15-6-7-16-12-19-13-20(21(3,4)5)9-8-17(19)11-18(16)10-15/h6-14H,1-5H3. The third kappa shape index (κ3) is 2.68. The lowest BCUT2D eigenvalue weighted by Crippen LogP contribution is -2.10. The molecule has 0 aliphatic carbocycles. The van der Waals surface area contributed by atoms with Gasteiger partial charge in [-0.15, -0.1) is 0 Å². The highest BCUT2D eigenvalue weighted by atomic mass is 14.2. The molecule has 0 aliphatic heterocycles. The molecule has 108 valence electrons. The molecule has 0 aromatic heterocycles. The average molecular weight is 276 g/mol. The van der Waals surface area contributed by atoms with Gasteiger partial charge in [-0.1, -0.05) is 71.0 Å². The minimum Gasteiger partial charge on any atom is -0.0587 e. The zero-order chi connectivity index (χ0) is 15.2. The molecule has 0 heterocycles. The Morgan fingerprint density at radius 2 is 1.24 bits per heavy atom. The van der Waals surface area contributed by atoms with Gasteiger partial charge in [-0.2, -0.15) is 0 Å². The summed E-state index contributed by atoms with van der Waals surface area (Å²) in [5.74, 6) is 0.577. The van der Waals surface area contributed by atoms with Crippen LogP contribution in [-0.4, -0.2) is 0 Å². The van der Waals surface area contributed by atoms with Gasteiger partial charge in [-0.05, 0) is 56.1 Å². The molecular weight excluding hydrogens is 252 g/mol. The fraction of sp³-hybridized carbons (Fsp3) is 0.333. The maximum Gasteiger partial charge on any atom is -0.0132 e. The maximum atomic E-state index is 2.34. The third-order valence-corrected chi connectivity index (χ3v) is 4.35. The van der Waals surface area contributed by atoms with E-state index >= 15 is 0 Å². The second kappa shape index (κ2) is 4.87. The summed E-state index contributed by atoms with van der Waals surface area (Å²) in [5.41, 5.74) is 3.01. The minimum atomic E-state index is 0.199. The number of rotatable bonds is 1.